The third-order valence-corrected chi connectivity index (χ3v) is 7.23. The quantitative estimate of drug-likeness (QED) is 0.131. The molecular weight excluding hydrogens is 569 g/mol. The van der Waals surface area contributed by atoms with Crippen molar-refractivity contribution in [1.29, 1.82) is 0 Å². The van der Waals surface area contributed by atoms with Crippen molar-refractivity contribution in [3.8, 4) is 0 Å². The van der Waals surface area contributed by atoms with Crippen LogP contribution in [0.25, 0.3) is 11.2 Å². The van der Waals surface area contributed by atoms with Crippen molar-refractivity contribution in [3.63, 3.8) is 0 Å². The fourth-order valence-corrected chi connectivity index (χ4v) is 4.43. The maximum atomic E-state index is 13.4. The van der Waals surface area contributed by atoms with Crippen molar-refractivity contribution in [1.82, 2.24) is 19.5 Å². The molecule has 0 radical (unpaired) electrons. The Hall–Kier alpha value is -2.39. The van der Waals surface area contributed by atoms with E-state index in [0.717, 1.165) is 0 Å². The Morgan fingerprint density at radius 2 is 1.43 bits per heavy atom. The summed E-state index contributed by atoms with van der Waals surface area (Å²) in [5.74, 6) is -1.16. The minimum Gasteiger partial charge on any atom is -0.462 e. The molecule has 0 bridgehead atoms. The first kappa shape index (κ1) is 35.6. The number of imidazole rings is 1. The summed E-state index contributed by atoms with van der Waals surface area (Å²) >= 11 is 0. The Labute approximate surface area is 239 Å². The number of carbonyl (C=O) groups excluding carboxylic acids is 2. The molecule has 2 aromatic heterocycles. The number of ether oxygens (including phenoxy) is 3. The highest BCUT2D eigenvalue weighted by atomic mass is 35.5. The molecule has 2 rings (SSSR count). The minimum absolute atomic E-state index is 0. The second-order valence-electron chi connectivity index (χ2n) is 9.59. The normalized spacial score (nSPS) is 14.1. The summed E-state index contributed by atoms with van der Waals surface area (Å²) in [7, 11) is -3.86. The molecule has 40 heavy (non-hydrogen) atoms. The van der Waals surface area contributed by atoms with Gasteiger partial charge in [0.2, 0.25) is 0 Å². The molecule has 0 saturated carbocycles. The van der Waals surface area contributed by atoms with Crippen LogP contribution in [-0.2, 0) is 44.0 Å². The summed E-state index contributed by atoms with van der Waals surface area (Å²) in [6, 6.07) is -1.58. The number of carbonyl (C=O) groups is 2. The van der Waals surface area contributed by atoms with E-state index in [1.165, 1.54) is 6.33 Å². The lowest BCUT2D eigenvalue weighted by Crippen LogP contribution is -2.37. The Morgan fingerprint density at radius 3 is 1.93 bits per heavy atom. The van der Waals surface area contributed by atoms with Gasteiger partial charge < -0.3 is 45.0 Å². The van der Waals surface area contributed by atoms with E-state index in [-0.39, 0.29) is 56.5 Å². The van der Waals surface area contributed by atoms with Crippen LogP contribution in [0.4, 0.5) is 5.82 Å². The maximum absolute atomic E-state index is 13.4. The Morgan fingerprint density at radius 1 is 0.900 bits per heavy atom. The van der Waals surface area contributed by atoms with Crippen LogP contribution in [0.1, 0.15) is 34.6 Å². The highest BCUT2D eigenvalue weighted by Gasteiger charge is 2.28. The molecule has 0 amide bonds. The van der Waals surface area contributed by atoms with E-state index in [0.29, 0.717) is 17.7 Å². The first-order chi connectivity index (χ1) is 18.3. The van der Waals surface area contributed by atoms with E-state index < -0.39 is 44.1 Å². The standard InChI is InChI=1S/C23H40N7O8P.ClH/c1-14(2)17(24)22(31)34-6-8-37-39(33,38-9-7-35-23(32)18(25)15(3)4)13-36-16(5)10-30-12-29-19-20(26)27-11-28-21(19)30;/h11-12,14-18H,6-10,13,24-25H2,1-5H3,(H2,26,27,28);1H/t16-,17+,18+;/m1./s1. The zero-order valence-corrected chi connectivity index (χ0v) is 25.1. The smallest absolute Gasteiger partial charge is 0.356 e. The molecule has 17 heteroatoms. The molecule has 0 aliphatic carbocycles. The van der Waals surface area contributed by atoms with Crippen LogP contribution in [0.15, 0.2) is 12.7 Å². The van der Waals surface area contributed by atoms with Crippen molar-refractivity contribution in [2.45, 2.75) is 59.4 Å². The number of hydrogen-bond acceptors (Lipinski definition) is 14. The summed E-state index contributed by atoms with van der Waals surface area (Å²) in [5, 5.41) is 0. The fraction of sp³-hybridized carbons (Fsp3) is 0.696. The molecule has 228 valence electrons. The van der Waals surface area contributed by atoms with Gasteiger partial charge in [0.15, 0.2) is 11.5 Å². The van der Waals surface area contributed by atoms with E-state index >= 15 is 0 Å². The number of halogens is 1. The topological polar surface area (TPSA) is 219 Å². The highest BCUT2D eigenvalue weighted by Crippen LogP contribution is 2.48. The Balaban J connectivity index is 0.00000800. The number of fused-ring (bicyclic) bond motifs is 1. The van der Waals surface area contributed by atoms with Crippen LogP contribution in [0, 0.1) is 11.8 Å². The van der Waals surface area contributed by atoms with Gasteiger partial charge in [0.25, 0.3) is 0 Å². The van der Waals surface area contributed by atoms with Gasteiger partial charge in [-0.15, -0.1) is 12.4 Å². The van der Waals surface area contributed by atoms with Crippen molar-refractivity contribution < 1.29 is 37.4 Å². The zero-order valence-electron chi connectivity index (χ0n) is 23.4. The SMILES string of the molecule is CC(C)[C@H](N)C(=O)OCCOP(=O)(CO[C@H](C)Cn1cnc2c(N)ncnc21)OCCOC(=O)[C@@H](N)C(C)C.Cl. The van der Waals surface area contributed by atoms with Gasteiger partial charge in [-0.25, -0.2) is 15.0 Å². The van der Waals surface area contributed by atoms with E-state index in [9.17, 15) is 14.2 Å². The molecule has 0 aromatic carbocycles. The Kier molecular flexibility index (Phi) is 14.9. The molecule has 0 aliphatic heterocycles. The molecule has 6 N–H and O–H groups in total. The van der Waals surface area contributed by atoms with Gasteiger partial charge in [0.1, 0.15) is 43.5 Å². The molecule has 15 nitrogen and oxygen atoms in total. The molecule has 2 heterocycles. The van der Waals surface area contributed by atoms with Gasteiger partial charge in [-0.3, -0.25) is 14.2 Å². The first-order valence-corrected chi connectivity index (χ1v) is 14.3. The van der Waals surface area contributed by atoms with Gasteiger partial charge in [0, 0.05) is 0 Å². The second kappa shape index (κ2) is 16.8. The predicted octanol–water partition coefficient (Wildman–Crippen LogP) is 1.47. The van der Waals surface area contributed by atoms with E-state index in [2.05, 4.69) is 15.0 Å². The van der Waals surface area contributed by atoms with Gasteiger partial charge in [-0.1, -0.05) is 27.7 Å². The van der Waals surface area contributed by atoms with Crippen LogP contribution in [0.3, 0.4) is 0 Å². The third-order valence-electron chi connectivity index (χ3n) is 5.61. The van der Waals surface area contributed by atoms with Crippen LogP contribution in [-0.4, -0.2) is 82.4 Å². The molecule has 0 spiro atoms. The number of esters is 2. The predicted molar refractivity (Wildman–Crippen MR) is 149 cm³/mol. The molecule has 0 saturated heterocycles. The monoisotopic (exact) mass is 609 g/mol. The van der Waals surface area contributed by atoms with Gasteiger partial charge in [0.05, 0.1) is 32.2 Å². The number of anilines is 1. The lowest BCUT2D eigenvalue weighted by molar-refractivity contribution is -0.147. The van der Waals surface area contributed by atoms with Crippen molar-refractivity contribution in [2.75, 3.05) is 38.5 Å². The first-order valence-electron chi connectivity index (χ1n) is 12.6. The number of nitrogens with zero attached hydrogens (tertiary/aromatic N) is 4. The fourth-order valence-electron chi connectivity index (χ4n) is 3.07. The summed E-state index contributed by atoms with van der Waals surface area (Å²) in [6.45, 7) is 8.38. The maximum Gasteiger partial charge on any atom is 0.356 e. The van der Waals surface area contributed by atoms with Gasteiger partial charge in [-0.2, -0.15) is 0 Å². The number of nitrogen functional groups attached to an aromatic ring is 1. The number of rotatable bonds is 17. The zero-order chi connectivity index (χ0) is 29.2. The minimum atomic E-state index is -3.86. The number of aromatic nitrogens is 4. The lowest BCUT2D eigenvalue weighted by atomic mass is 10.1. The second-order valence-corrected chi connectivity index (χ2v) is 11.6. The van der Waals surface area contributed by atoms with E-state index in [1.54, 1.807) is 45.5 Å². The summed E-state index contributed by atoms with van der Waals surface area (Å²) in [5.41, 5.74) is 18.3. The highest BCUT2D eigenvalue weighted by molar-refractivity contribution is 7.53. The Bertz CT molecular complexity index is 1100. The summed E-state index contributed by atoms with van der Waals surface area (Å²) in [6.07, 6.45) is 1.99. The summed E-state index contributed by atoms with van der Waals surface area (Å²) in [4.78, 5) is 36.2. The van der Waals surface area contributed by atoms with Gasteiger partial charge >= 0.3 is 19.5 Å². The average Bonchev–Trinajstić information content (AvgIpc) is 3.30. The van der Waals surface area contributed by atoms with E-state index in [4.69, 9.17) is 40.5 Å². The molecular formula is C23H41ClN7O8P. The van der Waals surface area contributed by atoms with Crippen molar-refractivity contribution in [2.24, 2.45) is 23.3 Å². The van der Waals surface area contributed by atoms with Crippen LogP contribution < -0.4 is 17.2 Å². The molecule has 3 atom stereocenters. The van der Waals surface area contributed by atoms with Crippen LogP contribution in [0.5, 0.6) is 0 Å². The van der Waals surface area contributed by atoms with Gasteiger partial charge in [-0.05, 0) is 18.8 Å². The summed E-state index contributed by atoms with van der Waals surface area (Å²) < 4.78 is 42.0. The number of nitrogens with two attached hydrogens (primary N) is 3. The van der Waals surface area contributed by atoms with Crippen LogP contribution >= 0.6 is 20.0 Å². The molecule has 0 aliphatic rings. The number of hydrogen-bond donors (Lipinski definition) is 3. The largest absolute Gasteiger partial charge is 0.462 e. The lowest BCUT2D eigenvalue weighted by Gasteiger charge is -2.22. The third kappa shape index (κ3) is 10.9. The molecule has 0 fully saturated rings. The van der Waals surface area contributed by atoms with E-state index in [1.807, 2.05) is 0 Å². The van der Waals surface area contributed by atoms with Crippen LogP contribution in [0.2, 0.25) is 0 Å². The van der Waals surface area contributed by atoms with Crippen molar-refractivity contribution in [3.05, 3.63) is 12.7 Å². The molecule has 2 aromatic rings. The van der Waals surface area contributed by atoms with Crippen molar-refractivity contribution >= 4 is 48.9 Å². The average molecular weight is 610 g/mol. The molecule has 0 unspecified atom stereocenters.